The first kappa shape index (κ1) is 16.5. The number of aromatic nitrogens is 1. The van der Waals surface area contributed by atoms with E-state index in [1.807, 2.05) is 0 Å². The second-order valence-electron chi connectivity index (χ2n) is 3.57. The fraction of sp³-hybridized carbons (Fsp3) is 0.455. The van der Waals surface area contributed by atoms with E-state index in [-0.39, 0.29) is 23.3 Å². The summed E-state index contributed by atoms with van der Waals surface area (Å²) in [5.74, 6) is -2.35. The summed E-state index contributed by atoms with van der Waals surface area (Å²) in [5, 5.41) is 9.81. The monoisotopic (exact) mass is 357 g/mol. The van der Waals surface area contributed by atoms with Gasteiger partial charge in [-0.3, -0.25) is 9.78 Å². The number of nitrogens with zero attached hydrogens (tertiary/aromatic N) is 1. The smallest absolute Gasteiger partial charge is 0.503 e. The maximum absolute atomic E-state index is 12.2. The Morgan fingerprint density at radius 3 is 2.65 bits per heavy atom. The van der Waals surface area contributed by atoms with Crippen molar-refractivity contribution in [2.45, 2.75) is 25.0 Å². The molecule has 0 saturated heterocycles. The number of halogens is 4. The Labute approximate surface area is 120 Å². The van der Waals surface area contributed by atoms with Gasteiger partial charge in [0.2, 0.25) is 0 Å². The number of carbonyl (C=O) groups is 1. The van der Waals surface area contributed by atoms with Gasteiger partial charge in [0.05, 0.1) is 24.4 Å². The molecule has 0 saturated carbocycles. The van der Waals surface area contributed by atoms with Gasteiger partial charge < -0.3 is 14.6 Å². The topological polar surface area (TPSA) is 68.7 Å². The van der Waals surface area contributed by atoms with Gasteiger partial charge in [-0.2, -0.15) is 0 Å². The number of hydrogen-bond acceptors (Lipinski definition) is 5. The fourth-order valence-corrected chi connectivity index (χ4v) is 1.65. The molecule has 0 unspecified atom stereocenters. The van der Waals surface area contributed by atoms with E-state index < -0.39 is 30.3 Å². The van der Waals surface area contributed by atoms with Gasteiger partial charge >= 0.3 is 12.3 Å². The summed E-state index contributed by atoms with van der Waals surface area (Å²) < 4.78 is 45.0. The van der Waals surface area contributed by atoms with Crippen molar-refractivity contribution >= 4 is 21.9 Å². The van der Waals surface area contributed by atoms with E-state index in [0.717, 1.165) is 6.07 Å². The van der Waals surface area contributed by atoms with Crippen LogP contribution in [0.25, 0.3) is 0 Å². The Morgan fingerprint density at radius 1 is 1.50 bits per heavy atom. The van der Waals surface area contributed by atoms with Crippen LogP contribution in [0.3, 0.4) is 0 Å². The average Bonchev–Trinajstić information content (AvgIpc) is 2.32. The first-order chi connectivity index (χ1) is 9.26. The average molecular weight is 358 g/mol. The Morgan fingerprint density at radius 2 is 2.15 bits per heavy atom. The van der Waals surface area contributed by atoms with Gasteiger partial charge in [-0.1, -0.05) is 15.9 Å². The lowest BCUT2D eigenvalue weighted by Gasteiger charge is -2.13. The zero-order chi connectivity index (χ0) is 15.3. The zero-order valence-corrected chi connectivity index (χ0v) is 11.9. The first-order valence-corrected chi connectivity index (χ1v) is 6.58. The van der Waals surface area contributed by atoms with E-state index in [2.05, 4.69) is 30.4 Å². The number of hydrogen-bond donors (Lipinski definition) is 1. The van der Waals surface area contributed by atoms with Crippen LogP contribution in [0.1, 0.15) is 18.3 Å². The fourth-order valence-electron chi connectivity index (χ4n) is 1.36. The maximum atomic E-state index is 12.2. The number of carbonyl (C=O) groups excluding carboxylic acids is 1. The number of pyridine rings is 1. The summed E-state index contributed by atoms with van der Waals surface area (Å²) in [5.41, 5.74) is -0.0546. The van der Waals surface area contributed by atoms with Crippen molar-refractivity contribution in [1.82, 2.24) is 4.98 Å². The summed E-state index contributed by atoms with van der Waals surface area (Å²) in [6.45, 7) is 1.70. The number of alkyl halides is 4. The minimum absolute atomic E-state index is 0.115. The van der Waals surface area contributed by atoms with Crippen molar-refractivity contribution in [3.63, 3.8) is 0 Å². The van der Waals surface area contributed by atoms with Crippen molar-refractivity contribution in [1.29, 1.82) is 0 Å². The molecule has 0 aromatic carbocycles. The van der Waals surface area contributed by atoms with Crippen LogP contribution in [0.4, 0.5) is 13.2 Å². The van der Waals surface area contributed by atoms with Gasteiger partial charge in [0.1, 0.15) is 0 Å². The van der Waals surface area contributed by atoms with Crippen LogP contribution >= 0.6 is 15.9 Å². The third kappa shape index (κ3) is 4.87. The van der Waals surface area contributed by atoms with Crippen molar-refractivity contribution in [2.75, 3.05) is 6.61 Å². The van der Waals surface area contributed by atoms with E-state index in [4.69, 9.17) is 0 Å². The summed E-state index contributed by atoms with van der Waals surface area (Å²) >= 11 is 3.03. The Balaban J connectivity index is 3.10. The molecular weight excluding hydrogens is 347 g/mol. The molecule has 0 aliphatic carbocycles. The SMILES string of the molecule is CCOC(=O)Cc1nc(CBr)cc(OC(F)(F)F)c1O. The second kappa shape index (κ2) is 6.78. The molecule has 1 N–H and O–H groups in total. The van der Waals surface area contributed by atoms with Crippen LogP contribution in [0.2, 0.25) is 0 Å². The Kier molecular flexibility index (Phi) is 5.61. The lowest BCUT2D eigenvalue weighted by Crippen LogP contribution is -2.18. The number of ether oxygens (including phenoxy) is 2. The van der Waals surface area contributed by atoms with Crippen molar-refractivity contribution in [2.24, 2.45) is 0 Å². The molecule has 9 heteroatoms. The van der Waals surface area contributed by atoms with E-state index in [9.17, 15) is 23.1 Å². The van der Waals surface area contributed by atoms with Crippen molar-refractivity contribution in [3.05, 3.63) is 17.5 Å². The standard InChI is InChI=1S/C11H11BrF3NO4/c1-2-19-9(17)4-7-10(18)8(20-11(13,14)15)3-6(5-12)16-7/h3,18H,2,4-5H2,1H3. The van der Waals surface area contributed by atoms with Gasteiger partial charge in [-0.25, -0.2) is 0 Å². The maximum Gasteiger partial charge on any atom is 0.573 e. The molecule has 0 bridgehead atoms. The van der Waals surface area contributed by atoms with E-state index in [0.29, 0.717) is 0 Å². The minimum Gasteiger partial charge on any atom is -0.503 e. The second-order valence-corrected chi connectivity index (χ2v) is 4.13. The van der Waals surface area contributed by atoms with E-state index >= 15 is 0 Å². The largest absolute Gasteiger partial charge is 0.573 e. The number of aromatic hydroxyl groups is 1. The highest BCUT2D eigenvalue weighted by atomic mass is 79.9. The predicted octanol–water partition coefficient (Wildman–Crippen LogP) is 2.69. The summed E-state index contributed by atoms with van der Waals surface area (Å²) in [6, 6.07) is 0.937. The van der Waals surface area contributed by atoms with Crippen LogP contribution in [-0.2, 0) is 21.3 Å². The molecule has 0 aliphatic heterocycles. The van der Waals surface area contributed by atoms with Crippen molar-refractivity contribution in [3.8, 4) is 11.5 Å². The molecule has 0 spiro atoms. The van der Waals surface area contributed by atoms with Gasteiger partial charge in [0, 0.05) is 11.4 Å². The first-order valence-electron chi connectivity index (χ1n) is 5.46. The third-order valence-corrected chi connectivity index (χ3v) is 2.64. The van der Waals surface area contributed by atoms with Crippen LogP contribution in [-0.4, -0.2) is 29.0 Å². The van der Waals surface area contributed by atoms with Gasteiger partial charge in [-0.05, 0) is 6.92 Å². The Hall–Kier alpha value is -1.51. The summed E-state index contributed by atoms with van der Waals surface area (Å²) in [4.78, 5) is 15.2. The third-order valence-electron chi connectivity index (χ3n) is 2.06. The summed E-state index contributed by atoms with van der Waals surface area (Å²) in [6.07, 6.45) is -5.40. The molecule has 0 atom stereocenters. The molecule has 1 aromatic heterocycles. The normalized spacial score (nSPS) is 11.2. The molecule has 1 heterocycles. The van der Waals surface area contributed by atoms with E-state index in [1.54, 1.807) is 6.92 Å². The molecule has 1 aromatic rings. The molecule has 5 nitrogen and oxygen atoms in total. The van der Waals surface area contributed by atoms with Gasteiger partial charge in [-0.15, -0.1) is 13.2 Å². The molecule has 112 valence electrons. The Bertz CT molecular complexity index is 493. The van der Waals surface area contributed by atoms with E-state index in [1.165, 1.54) is 0 Å². The van der Waals surface area contributed by atoms with Crippen molar-refractivity contribution < 1.29 is 32.5 Å². The van der Waals surface area contributed by atoms with Gasteiger partial charge in [0.25, 0.3) is 0 Å². The molecule has 1 rings (SSSR count). The molecule has 0 radical (unpaired) electrons. The van der Waals surface area contributed by atoms with Crippen LogP contribution in [0, 0.1) is 0 Å². The molecule has 0 amide bonds. The predicted molar refractivity (Wildman–Crippen MR) is 65.6 cm³/mol. The molecule has 0 aliphatic rings. The van der Waals surface area contributed by atoms with Crippen LogP contribution in [0.15, 0.2) is 6.07 Å². The number of esters is 1. The quantitative estimate of drug-likeness (QED) is 0.648. The lowest BCUT2D eigenvalue weighted by atomic mass is 10.2. The molecule has 20 heavy (non-hydrogen) atoms. The highest BCUT2D eigenvalue weighted by molar-refractivity contribution is 9.08. The zero-order valence-electron chi connectivity index (χ0n) is 10.3. The number of rotatable bonds is 5. The highest BCUT2D eigenvalue weighted by Crippen LogP contribution is 2.34. The highest BCUT2D eigenvalue weighted by Gasteiger charge is 2.33. The van der Waals surface area contributed by atoms with Crippen LogP contribution < -0.4 is 4.74 Å². The summed E-state index contributed by atoms with van der Waals surface area (Å²) in [7, 11) is 0. The minimum atomic E-state index is -4.95. The molecular formula is C11H11BrF3NO4. The van der Waals surface area contributed by atoms with Gasteiger partial charge in [0.15, 0.2) is 11.5 Å². The lowest BCUT2D eigenvalue weighted by molar-refractivity contribution is -0.275. The molecule has 0 fully saturated rings. The van der Waals surface area contributed by atoms with Crippen LogP contribution in [0.5, 0.6) is 11.5 Å².